The Morgan fingerprint density at radius 3 is 2.80 bits per heavy atom. The van der Waals surface area contributed by atoms with Gasteiger partial charge in [0.1, 0.15) is 0 Å². The summed E-state index contributed by atoms with van der Waals surface area (Å²) in [5.74, 6) is 0.0803. The van der Waals surface area contributed by atoms with Gasteiger partial charge in [0, 0.05) is 18.6 Å². The van der Waals surface area contributed by atoms with E-state index >= 15 is 0 Å². The number of hydrogen-bond donors (Lipinski definition) is 1. The largest absolute Gasteiger partial charge is 0.491 e. The van der Waals surface area contributed by atoms with E-state index in [2.05, 4.69) is 0 Å². The zero-order chi connectivity index (χ0) is 13.9. The lowest BCUT2D eigenvalue weighted by Gasteiger charge is -2.19. The zero-order valence-electron chi connectivity index (χ0n) is 11.1. The highest BCUT2D eigenvalue weighted by molar-refractivity contribution is 6.60. The number of fused-ring (bicyclic) bond motifs is 1. The van der Waals surface area contributed by atoms with Crippen molar-refractivity contribution in [3.63, 3.8) is 0 Å². The molecule has 0 saturated carbocycles. The maximum Gasteiger partial charge on any atom is 0.491 e. The molecule has 0 amide bonds. The first kappa shape index (κ1) is 13.1. The molecule has 2 aromatic rings. The third-order valence-corrected chi connectivity index (χ3v) is 3.58. The monoisotopic (exact) mass is 266 g/mol. The fourth-order valence-corrected chi connectivity index (χ4v) is 2.49. The first-order chi connectivity index (χ1) is 9.74. The zero-order valence-corrected chi connectivity index (χ0v) is 11.1. The molecule has 0 atom stereocenters. The second kappa shape index (κ2) is 5.61. The number of hydrogen-bond acceptors (Lipinski definition) is 3. The van der Waals surface area contributed by atoms with Gasteiger partial charge in [-0.2, -0.15) is 0 Å². The second-order valence-electron chi connectivity index (χ2n) is 4.97. The highest BCUT2D eigenvalue weighted by Crippen LogP contribution is 2.12. The van der Waals surface area contributed by atoms with E-state index in [-0.39, 0.29) is 5.78 Å². The maximum atomic E-state index is 12.2. The van der Waals surface area contributed by atoms with E-state index in [9.17, 15) is 9.82 Å². The number of carbonyl (C=O) groups excluding carboxylic acids is 1. The fourth-order valence-electron chi connectivity index (χ4n) is 2.49. The van der Waals surface area contributed by atoms with Gasteiger partial charge in [0.05, 0.1) is 0 Å². The third-order valence-electron chi connectivity index (χ3n) is 3.58. The lowest BCUT2D eigenvalue weighted by atomic mass is 9.73. The molecule has 1 heterocycles. The molecule has 0 radical (unpaired) electrons. The Morgan fingerprint density at radius 1 is 1.20 bits per heavy atom. The van der Waals surface area contributed by atoms with Gasteiger partial charge in [-0.25, -0.2) is 0 Å². The topological polar surface area (TPSA) is 46.5 Å². The van der Waals surface area contributed by atoms with Gasteiger partial charge in [-0.05, 0) is 23.0 Å². The van der Waals surface area contributed by atoms with E-state index in [0.29, 0.717) is 18.6 Å². The molecule has 20 heavy (non-hydrogen) atoms. The van der Waals surface area contributed by atoms with Crippen LogP contribution in [0.15, 0.2) is 48.5 Å². The lowest BCUT2D eigenvalue weighted by Crippen LogP contribution is -2.41. The SMILES string of the molecule is O=C(Cc1ccc2c(c1)B(O)OCC2)c1ccccc1. The minimum absolute atomic E-state index is 0.0803. The summed E-state index contributed by atoms with van der Waals surface area (Å²) < 4.78 is 5.22. The summed E-state index contributed by atoms with van der Waals surface area (Å²) in [4.78, 5) is 12.2. The van der Waals surface area contributed by atoms with Crippen LogP contribution in [0.25, 0.3) is 0 Å². The first-order valence-electron chi connectivity index (χ1n) is 6.73. The summed E-state index contributed by atoms with van der Waals surface area (Å²) in [6, 6.07) is 15.1. The van der Waals surface area contributed by atoms with Crippen LogP contribution in [0.5, 0.6) is 0 Å². The molecule has 1 aliphatic heterocycles. The van der Waals surface area contributed by atoms with Crippen LogP contribution in [0.4, 0.5) is 0 Å². The van der Waals surface area contributed by atoms with Gasteiger partial charge >= 0.3 is 7.12 Å². The van der Waals surface area contributed by atoms with Crippen molar-refractivity contribution in [2.24, 2.45) is 0 Å². The van der Waals surface area contributed by atoms with Crippen molar-refractivity contribution in [1.82, 2.24) is 0 Å². The summed E-state index contributed by atoms with van der Waals surface area (Å²) in [6.07, 6.45) is 1.14. The lowest BCUT2D eigenvalue weighted by molar-refractivity contribution is 0.0993. The van der Waals surface area contributed by atoms with Crippen molar-refractivity contribution in [2.45, 2.75) is 12.8 Å². The third kappa shape index (κ3) is 2.67. The quantitative estimate of drug-likeness (QED) is 0.674. The molecule has 0 saturated heterocycles. The van der Waals surface area contributed by atoms with Crippen LogP contribution in [0, 0.1) is 0 Å². The van der Waals surface area contributed by atoms with Gasteiger partial charge in [-0.3, -0.25) is 4.79 Å². The fraction of sp³-hybridized carbons (Fsp3) is 0.188. The smallest absolute Gasteiger partial charge is 0.423 e. The molecule has 0 aromatic heterocycles. The Hall–Kier alpha value is -1.91. The second-order valence-corrected chi connectivity index (χ2v) is 4.97. The summed E-state index contributed by atoms with van der Waals surface area (Å²) >= 11 is 0. The van der Waals surface area contributed by atoms with Crippen LogP contribution in [0.1, 0.15) is 21.5 Å². The van der Waals surface area contributed by atoms with Crippen molar-refractivity contribution in [2.75, 3.05) is 6.61 Å². The van der Waals surface area contributed by atoms with Gasteiger partial charge in [-0.15, -0.1) is 0 Å². The molecule has 1 N–H and O–H groups in total. The van der Waals surface area contributed by atoms with E-state index in [4.69, 9.17) is 4.65 Å². The van der Waals surface area contributed by atoms with Crippen molar-refractivity contribution < 1.29 is 14.5 Å². The number of rotatable bonds is 3. The van der Waals surface area contributed by atoms with Gasteiger partial charge in [0.25, 0.3) is 0 Å². The number of carbonyl (C=O) groups is 1. The first-order valence-corrected chi connectivity index (χ1v) is 6.73. The van der Waals surface area contributed by atoms with Crippen LogP contribution < -0.4 is 5.46 Å². The maximum absolute atomic E-state index is 12.2. The van der Waals surface area contributed by atoms with Crippen LogP contribution >= 0.6 is 0 Å². The van der Waals surface area contributed by atoms with Gasteiger partial charge in [0.15, 0.2) is 5.78 Å². The average molecular weight is 266 g/mol. The van der Waals surface area contributed by atoms with E-state index in [1.165, 1.54) is 0 Å². The summed E-state index contributed by atoms with van der Waals surface area (Å²) in [5, 5.41) is 9.83. The average Bonchev–Trinajstić information content (AvgIpc) is 2.49. The van der Waals surface area contributed by atoms with Crippen molar-refractivity contribution in [3.05, 3.63) is 65.2 Å². The Labute approximate surface area is 118 Å². The molecular formula is C16H15BO3. The van der Waals surface area contributed by atoms with E-state index in [0.717, 1.165) is 23.0 Å². The molecule has 1 aliphatic rings. The predicted octanol–water partition coefficient (Wildman–Crippen LogP) is 1.37. The predicted molar refractivity (Wildman–Crippen MR) is 78.2 cm³/mol. The summed E-state index contributed by atoms with van der Waals surface area (Å²) in [6.45, 7) is 0.538. The number of Topliss-reactive ketones (excluding diaryl/α,β-unsaturated/α-hetero) is 1. The highest BCUT2D eigenvalue weighted by atomic mass is 16.5. The van der Waals surface area contributed by atoms with Crippen LogP contribution in [-0.2, 0) is 17.5 Å². The van der Waals surface area contributed by atoms with Crippen LogP contribution in [0.3, 0.4) is 0 Å². The molecule has 0 unspecified atom stereocenters. The Kier molecular flexibility index (Phi) is 3.67. The van der Waals surface area contributed by atoms with E-state index < -0.39 is 7.12 Å². The molecule has 0 fully saturated rings. The molecular weight excluding hydrogens is 251 g/mol. The van der Waals surface area contributed by atoms with Crippen molar-refractivity contribution in [3.8, 4) is 0 Å². The van der Waals surface area contributed by atoms with Gasteiger partial charge < -0.3 is 9.68 Å². The minimum atomic E-state index is -0.870. The molecule has 100 valence electrons. The Morgan fingerprint density at radius 2 is 2.00 bits per heavy atom. The van der Waals surface area contributed by atoms with Crippen molar-refractivity contribution >= 4 is 18.4 Å². The molecule has 4 heteroatoms. The molecule has 0 bridgehead atoms. The molecule has 2 aromatic carbocycles. The molecule has 3 rings (SSSR count). The van der Waals surface area contributed by atoms with Gasteiger partial charge in [-0.1, -0.05) is 48.5 Å². The number of benzene rings is 2. The standard InChI is InChI=1S/C16H15BO3/c18-16(14-4-2-1-3-5-14)11-12-6-7-13-8-9-20-17(19)15(13)10-12/h1-7,10,19H,8-9,11H2. The summed E-state index contributed by atoms with van der Waals surface area (Å²) in [7, 11) is -0.870. The molecule has 3 nitrogen and oxygen atoms in total. The molecule has 0 spiro atoms. The molecule has 0 aliphatic carbocycles. The van der Waals surface area contributed by atoms with Crippen LogP contribution in [-0.4, -0.2) is 24.5 Å². The summed E-state index contributed by atoms with van der Waals surface area (Å²) in [5.41, 5.74) is 3.50. The van der Waals surface area contributed by atoms with Crippen molar-refractivity contribution in [1.29, 1.82) is 0 Å². The Balaban J connectivity index is 1.82. The van der Waals surface area contributed by atoms with Gasteiger partial charge in [0.2, 0.25) is 0 Å². The number of ketones is 1. The Bertz CT molecular complexity index is 625. The minimum Gasteiger partial charge on any atom is -0.423 e. The normalized spacial score (nSPS) is 13.9. The van der Waals surface area contributed by atoms with E-state index in [1.54, 1.807) is 0 Å². The van der Waals surface area contributed by atoms with E-state index in [1.807, 2.05) is 48.5 Å². The highest BCUT2D eigenvalue weighted by Gasteiger charge is 2.24. The van der Waals surface area contributed by atoms with Crippen LogP contribution in [0.2, 0.25) is 0 Å².